The summed E-state index contributed by atoms with van der Waals surface area (Å²) < 4.78 is 13.0. The van der Waals surface area contributed by atoms with Gasteiger partial charge in [-0.15, -0.1) is 0 Å². The summed E-state index contributed by atoms with van der Waals surface area (Å²) in [5, 5.41) is 5.86. The molecular formula is C22H18FN3OS. The molecule has 0 bridgehead atoms. The van der Waals surface area contributed by atoms with Crippen molar-refractivity contribution < 1.29 is 9.18 Å². The molecule has 0 atom stereocenters. The highest BCUT2D eigenvalue weighted by atomic mass is 32.2. The number of carbonyl (C=O) groups excluding carboxylic acids is 1. The number of hydrogen-bond acceptors (Lipinski definition) is 3. The van der Waals surface area contributed by atoms with Gasteiger partial charge in [0.2, 0.25) is 0 Å². The summed E-state index contributed by atoms with van der Waals surface area (Å²) in [4.78, 5) is 19.9. The zero-order valence-electron chi connectivity index (χ0n) is 15.0. The van der Waals surface area contributed by atoms with E-state index in [1.54, 1.807) is 18.3 Å². The Labute approximate surface area is 166 Å². The van der Waals surface area contributed by atoms with Crippen LogP contribution >= 0.6 is 11.8 Å². The van der Waals surface area contributed by atoms with Crippen LogP contribution in [0.3, 0.4) is 0 Å². The quantitative estimate of drug-likeness (QED) is 0.363. The molecule has 140 valence electrons. The van der Waals surface area contributed by atoms with E-state index in [0.29, 0.717) is 17.9 Å². The van der Waals surface area contributed by atoms with Crippen LogP contribution < -0.4 is 5.32 Å². The fourth-order valence-corrected chi connectivity index (χ4v) is 3.60. The van der Waals surface area contributed by atoms with E-state index in [4.69, 9.17) is 0 Å². The lowest BCUT2D eigenvalue weighted by Crippen LogP contribution is -2.25. The Hall–Kier alpha value is -3.12. The molecule has 1 aromatic heterocycles. The van der Waals surface area contributed by atoms with Gasteiger partial charge in [-0.25, -0.2) is 9.37 Å². The summed E-state index contributed by atoms with van der Waals surface area (Å²) in [6.07, 6.45) is 1.73. The number of H-pyrrole nitrogens is 1. The molecule has 4 rings (SSSR count). The molecule has 2 N–H and O–H groups in total. The van der Waals surface area contributed by atoms with E-state index in [1.807, 2.05) is 42.5 Å². The van der Waals surface area contributed by atoms with Gasteiger partial charge in [-0.2, -0.15) is 0 Å². The van der Waals surface area contributed by atoms with Gasteiger partial charge in [0.1, 0.15) is 5.82 Å². The predicted molar refractivity (Wildman–Crippen MR) is 111 cm³/mol. The van der Waals surface area contributed by atoms with Gasteiger partial charge in [0.15, 0.2) is 5.16 Å². The Kier molecular flexibility index (Phi) is 5.39. The normalized spacial score (nSPS) is 10.9. The van der Waals surface area contributed by atoms with Gasteiger partial charge in [-0.05, 0) is 52.7 Å². The van der Waals surface area contributed by atoms with Gasteiger partial charge in [0, 0.05) is 17.9 Å². The lowest BCUT2D eigenvalue weighted by atomic mass is 10.1. The number of aromatic amines is 1. The molecule has 0 radical (unpaired) electrons. The third-order valence-corrected chi connectivity index (χ3v) is 5.23. The number of benzene rings is 3. The highest BCUT2D eigenvalue weighted by molar-refractivity contribution is 7.99. The summed E-state index contributed by atoms with van der Waals surface area (Å²) in [5.41, 5.74) is 2.37. The van der Waals surface area contributed by atoms with Crippen molar-refractivity contribution in [1.29, 1.82) is 0 Å². The maximum atomic E-state index is 13.0. The lowest BCUT2D eigenvalue weighted by molar-refractivity contribution is 0.0956. The monoisotopic (exact) mass is 391 g/mol. The van der Waals surface area contributed by atoms with Crippen molar-refractivity contribution in [2.75, 3.05) is 12.3 Å². The number of halogens is 1. The third kappa shape index (κ3) is 4.23. The topological polar surface area (TPSA) is 57.8 Å². The Morgan fingerprint density at radius 1 is 1.04 bits per heavy atom. The first-order valence-corrected chi connectivity index (χ1v) is 9.88. The highest BCUT2D eigenvalue weighted by Crippen LogP contribution is 2.21. The number of fused-ring (bicyclic) bond motifs is 1. The first-order valence-electron chi connectivity index (χ1n) is 8.90. The number of carbonyl (C=O) groups is 1. The molecule has 0 unspecified atom stereocenters. The third-order valence-electron chi connectivity index (χ3n) is 4.35. The molecular weight excluding hydrogens is 373 g/mol. The van der Waals surface area contributed by atoms with Crippen molar-refractivity contribution in [3.8, 4) is 11.3 Å². The van der Waals surface area contributed by atoms with Crippen LogP contribution in [0, 0.1) is 5.82 Å². The molecule has 3 aromatic carbocycles. The molecule has 0 saturated carbocycles. The van der Waals surface area contributed by atoms with E-state index in [-0.39, 0.29) is 11.7 Å². The van der Waals surface area contributed by atoms with E-state index in [2.05, 4.69) is 15.3 Å². The number of nitrogens with zero attached hydrogens (tertiary/aromatic N) is 1. The maximum Gasteiger partial charge on any atom is 0.251 e. The van der Waals surface area contributed by atoms with Crippen LogP contribution in [0.4, 0.5) is 4.39 Å². The Balaban J connectivity index is 1.29. The van der Waals surface area contributed by atoms with Crippen LogP contribution in [0.25, 0.3) is 22.0 Å². The first kappa shape index (κ1) is 18.3. The molecule has 4 nitrogen and oxygen atoms in total. The Morgan fingerprint density at radius 2 is 1.82 bits per heavy atom. The van der Waals surface area contributed by atoms with Crippen molar-refractivity contribution in [2.24, 2.45) is 0 Å². The van der Waals surface area contributed by atoms with Gasteiger partial charge < -0.3 is 10.3 Å². The van der Waals surface area contributed by atoms with Crippen molar-refractivity contribution in [2.45, 2.75) is 5.16 Å². The van der Waals surface area contributed by atoms with Crippen LogP contribution in [0.5, 0.6) is 0 Å². The molecule has 0 aliphatic heterocycles. The number of thioether (sulfide) groups is 1. The van der Waals surface area contributed by atoms with E-state index in [1.165, 1.54) is 23.9 Å². The summed E-state index contributed by atoms with van der Waals surface area (Å²) in [6, 6.07) is 19.9. The zero-order valence-corrected chi connectivity index (χ0v) is 15.8. The molecule has 6 heteroatoms. The smallest absolute Gasteiger partial charge is 0.251 e. The number of imidazole rings is 1. The maximum absolute atomic E-state index is 13.0. The van der Waals surface area contributed by atoms with Gasteiger partial charge in [0.25, 0.3) is 5.91 Å². The van der Waals surface area contributed by atoms with Crippen LogP contribution in [0.15, 0.2) is 78.1 Å². The highest BCUT2D eigenvalue weighted by Gasteiger charge is 2.07. The molecule has 1 heterocycles. The second-order valence-electron chi connectivity index (χ2n) is 6.28. The van der Waals surface area contributed by atoms with Gasteiger partial charge in [-0.3, -0.25) is 4.79 Å². The summed E-state index contributed by atoms with van der Waals surface area (Å²) in [5.74, 6) is 0.341. The molecule has 1 amide bonds. The number of nitrogens with one attached hydrogen (secondary N) is 2. The molecule has 0 fully saturated rings. The van der Waals surface area contributed by atoms with E-state index < -0.39 is 0 Å². The van der Waals surface area contributed by atoms with Crippen LogP contribution in [-0.2, 0) is 0 Å². The number of rotatable bonds is 6. The minimum absolute atomic E-state index is 0.0854. The predicted octanol–water partition coefficient (Wildman–Crippen LogP) is 4.89. The SMILES string of the molecule is O=C(NCCSc1ncc(-c2ccc(F)cc2)[nH]1)c1ccc2ccccc2c1. The zero-order chi connectivity index (χ0) is 19.3. The summed E-state index contributed by atoms with van der Waals surface area (Å²) in [7, 11) is 0. The molecule has 28 heavy (non-hydrogen) atoms. The Morgan fingerprint density at radius 3 is 2.64 bits per heavy atom. The van der Waals surface area contributed by atoms with Crippen molar-refractivity contribution in [1.82, 2.24) is 15.3 Å². The lowest BCUT2D eigenvalue weighted by Gasteiger charge is -2.06. The largest absolute Gasteiger partial charge is 0.351 e. The average Bonchev–Trinajstić information content (AvgIpc) is 3.20. The second-order valence-corrected chi connectivity index (χ2v) is 7.36. The second kappa shape index (κ2) is 8.27. The molecule has 0 aliphatic rings. The van der Waals surface area contributed by atoms with Gasteiger partial charge >= 0.3 is 0 Å². The van der Waals surface area contributed by atoms with Crippen LogP contribution in [-0.4, -0.2) is 28.2 Å². The fourth-order valence-electron chi connectivity index (χ4n) is 2.90. The summed E-state index contributed by atoms with van der Waals surface area (Å²) in [6.45, 7) is 0.531. The minimum Gasteiger partial charge on any atom is -0.351 e. The van der Waals surface area contributed by atoms with Gasteiger partial charge in [0.05, 0.1) is 11.9 Å². The van der Waals surface area contributed by atoms with E-state index in [0.717, 1.165) is 27.2 Å². The summed E-state index contributed by atoms with van der Waals surface area (Å²) >= 11 is 1.52. The number of hydrogen-bond donors (Lipinski definition) is 2. The Bertz CT molecular complexity index is 1110. The van der Waals surface area contributed by atoms with Crippen molar-refractivity contribution >= 4 is 28.4 Å². The first-order chi connectivity index (χ1) is 13.7. The average molecular weight is 391 g/mol. The van der Waals surface area contributed by atoms with Crippen molar-refractivity contribution in [3.05, 3.63) is 84.3 Å². The van der Waals surface area contributed by atoms with E-state index >= 15 is 0 Å². The number of amides is 1. The van der Waals surface area contributed by atoms with Crippen LogP contribution in [0.1, 0.15) is 10.4 Å². The van der Waals surface area contributed by atoms with Crippen LogP contribution in [0.2, 0.25) is 0 Å². The molecule has 4 aromatic rings. The standard InChI is InChI=1S/C22H18FN3OS/c23-19-9-7-16(8-10-19)20-14-25-22(26-20)28-12-11-24-21(27)18-6-5-15-3-1-2-4-17(15)13-18/h1-10,13-14H,11-12H2,(H,24,27)(H,25,26). The minimum atomic E-state index is -0.264. The molecule has 0 aliphatic carbocycles. The molecule has 0 saturated heterocycles. The molecule has 0 spiro atoms. The van der Waals surface area contributed by atoms with E-state index in [9.17, 15) is 9.18 Å². The fraction of sp³-hybridized carbons (Fsp3) is 0.0909. The van der Waals surface area contributed by atoms with Crippen molar-refractivity contribution in [3.63, 3.8) is 0 Å². The number of aromatic nitrogens is 2. The van der Waals surface area contributed by atoms with Gasteiger partial charge in [-0.1, -0.05) is 42.1 Å².